The molecule has 0 unspecified atom stereocenters. The molecule has 0 atom stereocenters. The number of nitrogens with zero attached hydrogens (tertiary/aromatic N) is 1. The van der Waals surface area contributed by atoms with Crippen LogP contribution in [0.4, 0.5) is 0 Å². The lowest BCUT2D eigenvalue weighted by molar-refractivity contribution is -0.870. The Labute approximate surface area is 199 Å². The van der Waals surface area contributed by atoms with Crippen molar-refractivity contribution in [1.29, 1.82) is 0 Å². The monoisotopic (exact) mass is 476 g/mol. The number of carbonyl (C=O) groups is 1. The summed E-state index contributed by atoms with van der Waals surface area (Å²) in [6.07, 6.45) is 16.7. The third kappa shape index (κ3) is 31.3. The van der Waals surface area contributed by atoms with E-state index >= 15 is 0 Å². The summed E-state index contributed by atoms with van der Waals surface area (Å²) < 4.78 is 32.1. The van der Waals surface area contributed by atoms with Gasteiger partial charge in [-0.3, -0.25) is 4.79 Å². The van der Waals surface area contributed by atoms with E-state index in [1.54, 1.807) is 6.92 Å². The van der Waals surface area contributed by atoms with Crippen LogP contribution in [-0.2, 0) is 14.9 Å². The molecule has 0 aromatic carbocycles. The van der Waals surface area contributed by atoms with Crippen molar-refractivity contribution in [3.8, 4) is 0 Å². The Balaban J connectivity index is 0. The fourth-order valence-electron chi connectivity index (χ4n) is 3.20. The van der Waals surface area contributed by atoms with Crippen LogP contribution in [0, 0.1) is 0 Å². The van der Waals surface area contributed by atoms with Gasteiger partial charge in [0.05, 0.1) is 37.8 Å². The van der Waals surface area contributed by atoms with Crippen molar-refractivity contribution in [2.75, 3.05) is 40.0 Å². The summed E-state index contributed by atoms with van der Waals surface area (Å²) in [5.41, 5.74) is 0.574. The summed E-state index contributed by atoms with van der Waals surface area (Å²) in [4.78, 5) is 11.1. The summed E-state index contributed by atoms with van der Waals surface area (Å²) in [5, 5.41) is 2.81. The first-order valence-electron chi connectivity index (χ1n) is 12.6. The molecule has 0 saturated carbocycles. The number of carbonyl (C=O) groups excluding carboxylic acids is 1. The van der Waals surface area contributed by atoms with Gasteiger partial charge in [-0.1, -0.05) is 90.6 Å². The average Bonchev–Trinajstić information content (AvgIpc) is 2.67. The average molecular weight is 477 g/mol. The van der Waals surface area contributed by atoms with E-state index in [4.69, 9.17) is 0 Å². The molecule has 0 aromatic heterocycles. The normalized spacial score (nSPS) is 11.6. The van der Waals surface area contributed by atoms with Crippen molar-refractivity contribution in [3.63, 3.8) is 0 Å². The number of rotatable bonds is 19. The zero-order chi connectivity index (χ0) is 24.9. The van der Waals surface area contributed by atoms with Gasteiger partial charge in [-0.15, -0.1) is 0 Å². The third-order valence-electron chi connectivity index (χ3n) is 5.18. The van der Waals surface area contributed by atoms with Crippen LogP contribution < -0.4 is 5.32 Å². The summed E-state index contributed by atoms with van der Waals surface area (Å²) in [5.74, 6) is -0.230. The standard InChI is InChI=1S/C15H32O3S.C10H20N2O/c1-2-3-4-5-6-7-8-9-10-11-12-13-14-15-19(16,17)18;1-9(2)10(13)11-7-6-8-12(3,4)5/h2-15H2,1H3,(H,16,17,18);1,6-8H2,2-5H3. The predicted octanol–water partition coefficient (Wildman–Crippen LogP) is 5.40. The Kier molecular flexibility index (Phi) is 21.5. The van der Waals surface area contributed by atoms with E-state index in [0.29, 0.717) is 12.0 Å². The quantitative estimate of drug-likeness (QED) is 0.117. The molecular formula is C25H52N2O4S. The highest BCUT2D eigenvalue weighted by Gasteiger charge is 2.06. The maximum absolute atomic E-state index is 11.1. The highest BCUT2D eigenvalue weighted by Crippen LogP contribution is 2.12. The second kappa shape index (κ2) is 20.7. The van der Waals surface area contributed by atoms with Crippen LogP contribution in [0.15, 0.2) is 12.2 Å². The number of nitrogens with one attached hydrogen (secondary N) is 1. The second-order valence-electron chi connectivity index (χ2n) is 9.91. The van der Waals surface area contributed by atoms with Crippen LogP contribution in [0.2, 0.25) is 0 Å². The third-order valence-corrected chi connectivity index (χ3v) is 5.97. The lowest BCUT2D eigenvalue weighted by Gasteiger charge is -2.23. The van der Waals surface area contributed by atoms with Gasteiger partial charge >= 0.3 is 0 Å². The first-order chi connectivity index (χ1) is 14.9. The van der Waals surface area contributed by atoms with Crippen molar-refractivity contribution < 1.29 is 22.2 Å². The molecule has 0 bridgehead atoms. The van der Waals surface area contributed by atoms with Gasteiger partial charge in [0.1, 0.15) is 0 Å². The topological polar surface area (TPSA) is 86.3 Å². The molecule has 1 N–H and O–H groups in total. The molecule has 0 aliphatic heterocycles. The first kappa shape index (κ1) is 33.3. The Morgan fingerprint density at radius 3 is 1.56 bits per heavy atom. The first-order valence-corrected chi connectivity index (χ1v) is 14.1. The zero-order valence-corrected chi connectivity index (χ0v) is 22.5. The minimum Gasteiger partial charge on any atom is -0.748 e. The van der Waals surface area contributed by atoms with Crippen molar-refractivity contribution in [2.24, 2.45) is 0 Å². The molecule has 0 fully saturated rings. The lowest BCUT2D eigenvalue weighted by atomic mass is 10.1. The van der Waals surface area contributed by atoms with Gasteiger partial charge in [0.2, 0.25) is 5.91 Å². The van der Waals surface area contributed by atoms with Gasteiger partial charge in [-0.2, -0.15) is 0 Å². The molecule has 0 heterocycles. The number of quaternary nitrogens is 1. The molecule has 0 aliphatic carbocycles. The Morgan fingerprint density at radius 2 is 1.22 bits per heavy atom. The van der Waals surface area contributed by atoms with Crippen molar-refractivity contribution in [1.82, 2.24) is 5.32 Å². The molecule has 7 heteroatoms. The molecule has 32 heavy (non-hydrogen) atoms. The fourth-order valence-corrected chi connectivity index (χ4v) is 3.76. The van der Waals surface area contributed by atoms with Crippen LogP contribution >= 0.6 is 0 Å². The largest absolute Gasteiger partial charge is 0.748 e. The molecule has 1 amide bonds. The predicted molar refractivity (Wildman–Crippen MR) is 136 cm³/mol. The van der Waals surface area contributed by atoms with Gasteiger partial charge in [-0.25, -0.2) is 8.42 Å². The number of amides is 1. The summed E-state index contributed by atoms with van der Waals surface area (Å²) in [7, 11) is 2.43. The summed E-state index contributed by atoms with van der Waals surface area (Å²) in [6, 6.07) is 0. The SMILES string of the molecule is C=C(C)C(=O)NCCC[N+](C)(C)C.CCCCCCCCCCCCCCCS(=O)(=O)[O-]. The van der Waals surface area contributed by atoms with Gasteiger partial charge < -0.3 is 14.4 Å². The molecule has 0 aromatic rings. The summed E-state index contributed by atoms with van der Waals surface area (Å²) in [6.45, 7) is 9.33. The van der Waals surface area contributed by atoms with Crippen LogP contribution in [0.25, 0.3) is 0 Å². The molecule has 0 rings (SSSR count). The van der Waals surface area contributed by atoms with Crippen LogP contribution in [0.5, 0.6) is 0 Å². The second-order valence-corrected chi connectivity index (χ2v) is 11.4. The van der Waals surface area contributed by atoms with Crippen LogP contribution in [0.1, 0.15) is 104 Å². The lowest BCUT2D eigenvalue weighted by Crippen LogP contribution is -2.37. The van der Waals surface area contributed by atoms with Crippen molar-refractivity contribution >= 4 is 16.0 Å². The maximum atomic E-state index is 11.1. The minimum atomic E-state index is -3.99. The van der Waals surface area contributed by atoms with E-state index in [1.165, 1.54) is 64.2 Å². The molecular weight excluding hydrogens is 424 g/mol. The van der Waals surface area contributed by atoms with Gasteiger partial charge in [-0.05, 0) is 13.3 Å². The van der Waals surface area contributed by atoms with Gasteiger partial charge in [0.15, 0.2) is 0 Å². The Morgan fingerprint density at radius 1 is 0.812 bits per heavy atom. The number of hydrogen-bond donors (Lipinski definition) is 1. The maximum Gasteiger partial charge on any atom is 0.246 e. The van der Waals surface area contributed by atoms with E-state index in [0.717, 1.165) is 36.8 Å². The molecule has 0 saturated heterocycles. The molecule has 6 nitrogen and oxygen atoms in total. The smallest absolute Gasteiger partial charge is 0.246 e. The van der Waals surface area contributed by atoms with E-state index in [9.17, 15) is 17.8 Å². The molecule has 0 spiro atoms. The van der Waals surface area contributed by atoms with E-state index in [-0.39, 0.29) is 11.7 Å². The van der Waals surface area contributed by atoms with Crippen LogP contribution in [0.3, 0.4) is 0 Å². The number of hydrogen-bond acceptors (Lipinski definition) is 4. The van der Waals surface area contributed by atoms with E-state index in [1.807, 2.05) is 0 Å². The Bertz CT molecular complexity index is 569. The van der Waals surface area contributed by atoms with Crippen molar-refractivity contribution in [3.05, 3.63) is 12.2 Å². The van der Waals surface area contributed by atoms with Gasteiger partial charge in [0.25, 0.3) is 0 Å². The summed E-state index contributed by atoms with van der Waals surface area (Å²) >= 11 is 0. The molecule has 0 radical (unpaired) electrons. The fraction of sp³-hybridized carbons (Fsp3) is 0.880. The molecule has 0 aliphatic rings. The van der Waals surface area contributed by atoms with E-state index < -0.39 is 10.1 Å². The Hall–Kier alpha value is -0.920. The van der Waals surface area contributed by atoms with Crippen LogP contribution in [-0.4, -0.2) is 63.3 Å². The highest BCUT2D eigenvalue weighted by atomic mass is 32.2. The minimum absolute atomic E-state index is 0.0404. The highest BCUT2D eigenvalue weighted by molar-refractivity contribution is 7.85. The number of unbranched alkanes of at least 4 members (excludes halogenated alkanes) is 12. The van der Waals surface area contributed by atoms with Crippen molar-refractivity contribution in [2.45, 2.75) is 104 Å². The van der Waals surface area contributed by atoms with Gasteiger partial charge in [0, 0.05) is 24.3 Å². The molecule has 192 valence electrons. The zero-order valence-electron chi connectivity index (χ0n) is 21.7. The van der Waals surface area contributed by atoms with E-state index in [2.05, 4.69) is 40.0 Å².